The molecule has 0 aromatic heterocycles. The van der Waals surface area contributed by atoms with Gasteiger partial charge in [0.25, 0.3) is 5.60 Å². The summed E-state index contributed by atoms with van der Waals surface area (Å²) in [4.78, 5) is 12.9. The van der Waals surface area contributed by atoms with Crippen molar-refractivity contribution in [2.75, 3.05) is 7.11 Å². The van der Waals surface area contributed by atoms with E-state index in [1.54, 1.807) is 6.07 Å². The van der Waals surface area contributed by atoms with E-state index in [4.69, 9.17) is 14.2 Å². The van der Waals surface area contributed by atoms with Crippen LogP contribution in [0.25, 0.3) is 11.1 Å². The van der Waals surface area contributed by atoms with Gasteiger partial charge in [0.05, 0.1) is 0 Å². The molecule has 4 rings (SSSR count). The third kappa shape index (κ3) is 5.35. The molecule has 0 radical (unpaired) electrons. The molecule has 7 heteroatoms. The van der Waals surface area contributed by atoms with E-state index in [1.807, 2.05) is 54.6 Å². The number of carbonyl (C=O) groups excluding carboxylic acids is 1. The van der Waals surface area contributed by atoms with Crippen molar-refractivity contribution < 1.29 is 32.2 Å². The Labute approximate surface area is 202 Å². The van der Waals surface area contributed by atoms with Crippen LogP contribution in [0.5, 0.6) is 5.75 Å². The fourth-order valence-electron chi connectivity index (χ4n) is 4.49. The summed E-state index contributed by atoms with van der Waals surface area (Å²) in [5, 5.41) is 0. The van der Waals surface area contributed by atoms with Gasteiger partial charge in [0.15, 0.2) is 0 Å². The molecule has 4 nitrogen and oxygen atoms in total. The molecule has 184 valence electrons. The molecule has 1 aliphatic carbocycles. The summed E-state index contributed by atoms with van der Waals surface area (Å²) >= 11 is 0. The van der Waals surface area contributed by atoms with Crippen molar-refractivity contribution in [1.82, 2.24) is 0 Å². The van der Waals surface area contributed by atoms with Gasteiger partial charge in [0, 0.05) is 19.1 Å². The van der Waals surface area contributed by atoms with Crippen LogP contribution in [0.1, 0.15) is 31.2 Å². The van der Waals surface area contributed by atoms with Crippen molar-refractivity contribution in [3.8, 4) is 16.9 Å². The first-order valence-electron chi connectivity index (χ1n) is 11.5. The highest BCUT2D eigenvalue weighted by atomic mass is 19.4. The maximum Gasteiger partial charge on any atom is 0.432 e. The monoisotopic (exact) mass is 484 g/mol. The first kappa shape index (κ1) is 24.8. The van der Waals surface area contributed by atoms with Gasteiger partial charge in [-0.1, -0.05) is 72.8 Å². The highest BCUT2D eigenvalue weighted by Crippen LogP contribution is 2.43. The second-order valence-electron chi connectivity index (χ2n) is 8.57. The Kier molecular flexibility index (Phi) is 7.45. The van der Waals surface area contributed by atoms with Gasteiger partial charge in [-0.25, -0.2) is 4.79 Å². The van der Waals surface area contributed by atoms with Gasteiger partial charge < -0.3 is 14.2 Å². The minimum Gasteiger partial charge on any atom is -0.490 e. The van der Waals surface area contributed by atoms with Crippen LogP contribution in [-0.4, -0.2) is 31.5 Å². The van der Waals surface area contributed by atoms with Crippen molar-refractivity contribution in [2.24, 2.45) is 0 Å². The molecule has 3 atom stereocenters. The first-order valence-corrected chi connectivity index (χ1v) is 11.5. The predicted octanol–water partition coefficient (Wildman–Crippen LogP) is 6.69. The lowest BCUT2D eigenvalue weighted by atomic mass is 9.91. The average Bonchev–Trinajstić information content (AvgIpc) is 2.86. The number of benzene rings is 3. The van der Waals surface area contributed by atoms with E-state index in [2.05, 4.69) is 0 Å². The van der Waals surface area contributed by atoms with Crippen molar-refractivity contribution in [2.45, 2.75) is 49.7 Å². The van der Waals surface area contributed by atoms with Crippen LogP contribution < -0.4 is 4.74 Å². The standard InChI is InChI=1S/C28H27F3O4/c1-33-27(28(29,30)31,22-11-6-3-7-12-22)26(32)35-25-14-8-13-24(19-25)34-23-17-15-21(16-18-23)20-9-4-2-5-10-20/h2-7,9-12,15-18,24-25H,8,13-14,19H2,1H3/t24-,25?,27+/m1/s1. The summed E-state index contributed by atoms with van der Waals surface area (Å²) in [6.45, 7) is 0. The summed E-state index contributed by atoms with van der Waals surface area (Å²) in [6.07, 6.45) is -3.81. The lowest BCUT2D eigenvalue weighted by Crippen LogP contribution is -2.53. The number of ether oxygens (including phenoxy) is 3. The van der Waals surface area contributed by atoms with Crippen LogP contribution in [0, 0.1) is 0 Å². The molecule has 0 amide bonds. The number of esters is 1. The lowest BCUT2D eigenvalue weighted by Gasteiger charge is -2.35. The van der Waals surface area contributed by atoms with Crippen LogP contribution in [0.4, 0.5) is 13.2 Å². The van der Waals surface area contributed by atoms with E-state index in [1.165, 1.54) is 24.3 Å². The zero-order chi connectivity index (χ0) is 24.9. The van der Waals surface area contributed by atoms with Crippen LogP contribution in [0.3, 0.4) is 0 Å². The number of hydrogen-bond acceptors (Lipinski definition) is 4. The fourth-order valence-corrected chi connectivity index (χ4v) is 4.49. The molecule has 0 aliphatic heterocycles. The van der Waals surface area contributed by atoms with E-state index < -0.39 is 23.9 Å². The Hall–Kier alpha value is -3.32. The van der Waals surface area contributed by atoms with Crippen LogP contribution in [-0.2, 0) is 19.9 Å². The highest BCUT2D eigenvalue weighted by molar-refractivity contribution is 5.82. The Morgan fingerprint density at radius 2 is 1.37 bits per heavy atom. The zero-order valence-corrected chi connectivity index (χ0v) is 19.3. The highest BCUT2D eigenvalue weighted by Gasteiger charge is 2.64. The summed E-state index contributed by atoms with van der Waals surface area (Å²) in [7, 11) is 0.869. The molecule has 0 N–H and O–H groups in total. The first-order chi connectivity index (χ1) is 16.8. The molecule has 1 aliphatic rings. The molecular weight excluding hydrogens is 457 g/mol. The molecular formula is C28H27F3O4. The summed E-state index contributed by atoms with van der Waals surface area (Å²) in [5.41, 5.74) is -1.36. The molecule has 1 fully saturated rings. The molecule has 1 saturated carbocycles. The zero-order valence-electron chi connectivity index (χ0n) is 19.3. The van der Waals surface area contributed by atoms with E-state index in [-0.39, 0.29) is 11.7 Å². The van der Waals surface area contributed by atoms with Gasteiger partial charge >= 0.3 is 12.1 Å². The van der Waals surface area contributed by atoms with Crippen LogP contribution >= 0.6 is 0 Å². The van der Waals surface area contributed by atoms with Crippen molar-refractivity contribution in [3.63, 3.8) is 0 Å². The number of rotatable bonds is 7. The summed E-state index contributed by atoms with van der Waals surface area (Å²) in [5.74, 6) is -0.802. The number of hydrogen-bond donors (Lipinski definition) is 0. The van der Waals surface area contributed by atoms with Crippen molar-refractivity contribution in [1.29, 1.82) is 0 Å². The Bertz CT molecular complexity index is 1100. The third-order valence-corrected chi connectivity index (χ3v) is 6.29. The van der Waals surface area contributed by atoms with Gasteiger partial charge in [0.2, 0.25) is 0 Å². The van der Waals surface area contributed by atoms with Gasteiger partial charge in [-0.3, -0.25) is 0 Å². The maximum absolute atomic E-state index is 14.1. The molecule has 3 aromatic carbocycles. The minimum atomic E-state index is -4.99. The third-order valence-electron chi connectivity index (χ3n) is 6.29. The van der Waals surface area contributed by atoms with E-state index in [0.717, 1.165) is 24.7 Å². The van der Waals surface area contributed by atoms with Crippen molar-refractivity contribution in [3.05, 3.63) is 90.5 Å². The number of alkyl halides is 3. The summed E-state index contributed by atoms with van der Waals surface area (Å²) in [6, 6.07) is 24.4. The van der Waals surface area contributed by atoms with Crippen molar-refractivity contribution >= 4 is 5.97 Å². The van der Waals surface area contributed by atoms with Crippen LogP contribution in [0.15, 0.2) is 84.9 Å². The Morgan fingerprint density at radius 1 is 0.800 bits per heavy atom. The van der Waals surface area contributed by atoms with Crippen LogP contribution in [0.2, 0.25) is 0 Å². The van der Waals surface area contributed by atoms with E-state index in [9.17, 15) is 18.0 Å². The largest absolute Gasteiger partial charge is 0.490 e. The number of carbonyl (C=O) groups is 1. The maximum atomic E-state index is 14.1. The quantitative estimate of drug-likeness (QED) is 0.351. The molecule has 1 unspecified atom stereocenters. The fraction of sp³-hybridized carbons (Fsp3) is 0.321. The molecule has 35 heavy (non-hydrogen) atoms. The normalized spacial score (nSPS) is 20.0. The second-order valence-corrected chi connectivity index (χ2v) is 8.57. The SMILES string of the molecule is CO[C@](C(=O)OC1CCC[C@@H](Oc2ccc(-c3ccccc3)cc2)C1)(c1ccccc1)C(F)(F)F. The van der Waals surface area contributed by atoms with E-state index >= 15 is 0 Å². The number of halogens is 3. The van der Waals surface area contributed by atoms with Gasteiger partial charge in [-0.2, -0.15) is 13.2 Å². The van der Waals surface area contributed by atoms with Gasteiger partial charge in [0.1, 0.15) is 18.0 Å². The van der Waals surface area contributed by atoms with Gasteiger partial charge in [-0.05, 0) is 42.5 Å². The molecule has 0 heterocycles. The Balaban J connectivity index is 1.43. The molecule has 3 aromatic rings. The molecule has 0 spiro atoms. The lowest BCUT2D eigenvalue weighted by molar-refractivity contribution is -0.278. The smallest absolute Gasteiger partial charge is 0.432 e. The van der Waals surface area contributed by atoms with E-state index in [0.29, 0.717) is 25.0 Å². The molecule has 0 saturated heterocycles. The number of methoxy groups -OCH3 is 1. The minimum absolute atomic E-state index is 0.274. The topological polar surface area (TPSA) is 44.8 Å². The predicted molar refractivity (Wildman–Crippen MR) is 126 cm³/mol. The average molecular weight is 485 g/mol. The Morgan fingerprint density at radius 3 is 1.97 bits per heavy atom. The molecule has 0 bridgehead atoms. The second kappa shape index (κ2) is 10.5. The summed E-state index contributed by atoms with van der Waals surface area (Å²) < 4.78 is 58.7. The van der Waals surface area contributed by atoms with Gasteiger partial charge in [-0.15, -0.1) is 0 Å².